The van der Waals surface area contributed by atoms with Gasteiger partial charge in [-0.3, -0.25) is 0 Å². The molecule has 0 rings (SSSR count). The fraction of sp³-hybridized carbons (Fsp3) is 1.00. The highest BCUT2D eigenvalue weighted by Gasteiger charge is 2.32. The van der Waals surface area contributed by atoms with Crippen molar-refractivity contribution in [3.63, 3.8) is 0 Å². The van der Waals surface area contributed by atoms with Gasteiger partial charge in [-0.25, -0.2) is 0 Å². The molecule has 0 aliphatic carbocycles. The normalized spacial score (nSPS) is 11.0. The zero-order chi connectivity index (χ0) is 14.3. The van der Waals surface area contributed by atoms with Crippen LogP contribution in [0, 0.1) is 0 Å². The second kappa shape index (κ2) is 15.0. The van der Waals surface area contributed by atoms with E-state index in [2.05, 4.69) is 5.32 Å². The molecule has 5 N–H and O–H groups in total. The van der Waals surface area contributed by atoms with Crippen LogP contribution in [0.2, 0.25) is 6.55 Å². The first kappa shape index (κ1) is 20.3. The Morgan fingerprint density at radius 2 is 1.17 bits per heavy atom. The Morgan fingerprint density at radius 3 is 1.39 bits per heavy atom. The standard InChI is InChI=1S/C7H18O3Si.C4H13N3/c1-5-8-11(4,9-6-2)10-7-3;5-1-3-7-4-2-6/h5-7H2,1-4H3;7H,1-6H2. The molecular formula is C11H31N3O3Si. The van der Waals surface area contributed by atoms with Crippen LogP contribution in [0.15, 0.2) is 0 Å². The summed E-state index contributed by atoms with van der Waals surface area (Å²) in [5, 5.41) is 3.03. The molecule has 7 heteroatoms. The summed E-state index contributed by atoms with van der Waals surface area (Å²) in [6.45, 7) is 12.9. The van der Waals surface area contributed by atoms with E-state index in [0.717, 1.165) is 13.1 Å². The molecule has 0 aliphatic rings. The van der Waals surface area contributed by atoms with Crippen molar-refractivity contribution in [3.8, 4) is 0 Å². The van der Waals surface area contributed by atoms with Crippen LogP contribution in [0.5, 0.6) is 0 Å². The van der Waals surface area contributed by atoms with E-state index in [9.17, 15) is 0 Å². The Balaban J connectivity index is 0. The van der Waals surface area contributed by atoms with Crippen molar-refractivity contribution in [2.45, 2.75) is 27.3 Å². The molecule has 6 nitrogen and oxygen atoms in total. The first-order chi connectivity index (χ1) is 8.60. The predicted molar refractivity (Wildman–Crippen MR) is 77.5 cm³/mol. The SMILES string of the molecule is CCO[Si](C)(OCC)OCC.NCCNCCN. The first-order valence-electron chi connectivity index (χ1n) is 6.62. The van der Waals surface area contributed by atoms with Crippen LogP contribution in [-0.4, -0.2) is 54.8 Å². The van der Waals surface area contributed by atoms with Crippen LogP contribution in [0.3, 0.4) is 0 Å². The monoisotopic (exact) mass is 281 g/mol. The fourth-order valence-corrected chi connectivity index (χ4v) is 3.06. The maximum atomic E-state index is 5.40. The van der Waals surface area contributed by atoms with Crippen LogP contribution in [0.25, 0.3) is 0 Å². The molecule has 0 saturated carbocycles. The van der Waals surface area contributed by atoms with Gasteiger partial charge >= 0.3 is 8.80 Å². The number of nitrogens with two attached hydrogens (primary N) is 2. The number of nitrogens with one attached hydrogen (secondary N) is 1. The number of hydrogen-bond donors (Lipinski definition) is 3. The molecule has 0 aromatic carbocycles. The summed E-state index contributed by atoms with van der Waals surface area (Å²) in [5.41, 5.74) is 10.3. The second-order valence-corrected chi connectivity index (χ2v) is 6.08. The van der Waals surface area contributed by atoms with Crippen LogP contribution in [-0.2, 0) is 13.3 Å². The fourth-order valence-electron chi connectivity index (χ4n) is 1.24. The summed E-state index contributed by atoms with van der Waals surface area (Å²) in [5.74, 6) is 0. The Kier molecular flexibility index (Phi) is 17.0. The molecule has 0 amide bonds. The third-order valence-electron chi connectivity index (χ3n) is 1.86. The van der Waals surface area contributed by atoms with Gasteiger partial charge in [0.1, 0.15) is 0 Å². The van der Waals surface area contributed by atoms with Crippen molar-refractivity contribution in [2.75, 3.05) is 46.0 Å². The molecule has 0 aromatic rings. The molecule has 0 saturated heterocycles. The molecule has 0 atom stereocenters. The quantitative estimate of drug-likeness (QED) is 0.390. The van der Waals surface area contributed by atoms with E-state index in [-0.39, 0.29) is 0 Å². The van der Waals surface area contributed by atoms with Crippen molar-refractivity contribution in [1.29, 1.82) is 0 Å². The Hall–Kier alpha value is -0.0231. The molecule has 0 aliphatic heterocycles. The summed E-state index contributed by atoms with van der Waals surface area (Å²) in [7, 11) is -2.25. The third-order valence-corrected chi connectivity index (χ3v) is 4.30. The smallest absolute Gasteiger partial charge is 0.374 e. The van der Waals surface area contributed by atoms with Gasteiger partial charge in [0, 0.05) is 52.5 Å². The Bertz CT molecular complexity index is 143. The van der Waals surface area contributed by atoms with Gasteiger partial charge in [-0.15, -0.1) is 0 Å². The van der Waals surface area contributed by atoms with Crippen molar-refractivity contribution in [1.82, 2.24) is 5.32 Å². The van der Waals surface area contributed by atoms with Crippen molar-refractivity contribution < 1.29 is 13.3 Å². The maximum absolute atomic E-state index is 5.40. The largest absolute Gasteiger partial charge is 0.497 e. The maximum Gasteiger partial charge on any atom is 0.497 e. The molecule has 112 valence electrons. The van der Waals surface area contributed by atoms with E-state index in [4.69, 9.17) is 24.7 Å². The number of hydrogen-bond acceptors (Lipinski definition) is 6. The highest BCUT2D eigenvalue weighted by atomic mass is 28.4. The van der Waals surface area contributed by atoms with Crippen molar-refractivity contribution in [3.05, 3.63) is 0 Å². The van der Waals surface area contributed by atoms with Gasteiger partial charge in [0.15, 0.2) is 0 Å². The number of rotatable bonds is 10. The molecule has 0 fully saturated rings. The van der Waals surface area contributed by atoms with Gasteiger partial charge in [0.2, 0.25) is 0 Å². The summed E-state index contributed by atoms with van der Waals surface area (Å²) >= 11 is 0. The minimum atomic E-state index is -2.25. The van der Waals surface area contributed by atoms with E-state index in [0.29, 0.717) is 32.9 Å². The summed E-state index contributed by atoms with van der Waals surface area (Å²) < 4.78 is 16.2. The van der Waals surface area contributed by atoms with Gasteiger partial charge in [0.05, 0.1) is 0 Å². The van der Waals surface area contributed by atoms with E-state index >= 15 is 0 Å². The van der Waals surface area contributed by atoms with Crippen LogP contribution in [0.1, 0.15) is 20.8 Å². The topological polar surface area (TPSA) is 91.8 Å². The molecule has 0 heterocycles. The van der Waals surface area contributed by atoms with E-state index in [1.54, 1.807) is 0 Å². The minimum Gasteiger partial charge on any atom is -0.374 e. The lowest BCUT2D eigenvalue weighted by Crippen LogP contribution is -2.42. The molecule has 0 radical (unpaired) electrons. The van der Waals surface area contributed by atoms with Gasteiger partial charge in [-0.1, -0.05) is 0 Å². The Morgan fingerprint density at radius 1 is 0.833 bits per heavy atom. The summed E-state index contributed by atoms with van der Waals surface area (Å²) in [4.78, 5) is 0. The molecule has 0 aromatic heterocycles. The molecular weight excluding hydrogens is 250 g/mol. The zero-order valence-electron chi connectivity index (χ0n) is 12.3. The van der Waals surface area contributed by atoms with Gasteiger partial charge < -0.3 is 30.1 Å². The summed E-state index contributed by atoms with van der Waals surface area (Å²) in [6, 6.07) is 0. The third kappa shape index (κ3) is 14.0. The highest BCUT2D eigenvalue weighted by molar-refractivity contribution is 6.59. The molecule has 0 spiro atoms. The van der Waals surface area contributed by atoms with Gasteiger partial charge in [-0.2, -0.15) is 0 Å². The summed E-state index contributed by atoms with van der Waals surface area (Å²) in [6.07, 6.45) is 0. The van der Waals surface area contributed by atoms with Crippen LogP contribution in [0.4, 0.5) is 0 Å². The molecule has 18 heavy (non-hydrogen) atoms. The molecule has 0 unspecified atom stereocenters. The van der Waals surface area contributed by atoms with E-state index < -0.39 is 8.80 Å². The average Bonchev–Trinajstić information content (AvgIpc) is 2.31. The van der Waals surface area contributed by atoms with Gasteiger partial charge in [0.25, 0.3) is 0 Å². The first-order valence-corrected chi connectivity index (χ1v) is 8.85. The van der Waals surface area contributed by atoms with Crippen LogP contribution >= 0.6 is 0 Å². The molecule has 0 bridgehead atoms. The predicted octanol–water partition coefficient (Wildman–Crippen LogP) is 0.158. The van der Waals surface area contributed by atoms with E-state index in [1.165, 1.54) is 0 Å². The van der Waals surface area contributed by atoms with E-state index in [1.807, 2.05) is 27.3 Å². The lowest BCUT2D eigenvalue weighted by Gasteiger charge is -2.23. The highest BCUT2D eigenvalue weighted by Crippen LogP contribution is 2.08. The van der Waals surface area contributed by atoms with Gasteiger partial charge in [-0.05, 0) is 20.8 Å². The Labute approximate surface area is 113 Å². The lowest BCUT2D eigenvalue weighted by atomic mass is 10.6. The average molecular weight is 281 g/mol. The second-order valence-electron chi connectivity index (χ2n) is 3.49. The van der Waals surface area contributed by atoms with Crippen LogP contribution < -0.4 is 16.8 Å². The lowest BCUT2D eigenvalue weighted by molar-refractivity contribution is 0.0783. The zero-order valence-corrected chi connectivity index (χ0v) is 13.3. The van der Waals surface area contributed by atoms with Crippen molar-refractivity contribution in [2.24, 2.45) is 11.5 Å². The van der Waals surface area contributed by atoms with Crippen molar-refractivity contribution >= 4 is 8.80 Å². The minimum absolute atomic E-state index is 0.655.